The van der Waals surface area contributed by atoms with Crippen LogP contribution in [0.3, 0.4) is 0 Å². The molecule has 0 atom stereocenters. The molecule has 2 aromatic carbocycles. The average Bonchev–Trinajstić information content (AvgIpc) is 3.08. The van der Waals surface area contributed by atoms with Crippen LogP contribution in [-0.4, -0.2) is 17.4 Å². The van der Waals surface area contributed by atoms with Crippen LogP contribution in [0.5, 0.6) is 0 Å². The molecular weight excluding hydrogens is 352 g/mol. The highest BCUT2D eigenvalue weighted by Crippen LogP contribution is 2.43. The molecule has 1 saturated carbocycles. The predicted molar refractivity (Wildman–Crippen MR) is 112 cm³/mol. The highest BCUT2D eigenvalue weighted by atomic mass is 32.1. The lowest BCUT2D eigenvalue weighted by atomic mass is 9.64. The van der Waals surface area contributed by atoms with E-state index in [1.807, 2.05) is 6.07 Å². The topological polar surface area (TPSA) is 42.0 Å². The van der Waals surface area contributed by atoms with Crippen molar-refractivity contribution in [2.45, 2.75) is 50.4 Å². The molecule has 0 radical (unpaired) electrons. The van der Waals surface area contributed by atoms with Gasteiger partial charge in [0.05, 0.1) is 15.2 Å². The molecule has 1 aromatic heterocycles. The van der Waals surface area contributed by atoms with Crippen molar-refractivity contribution in [3.8, 4) is 0 Å². The van der Waals surface area contributed by atoms with E-state index < -0.39 is 0 Å². The minimum absolute atomic E-state index is 0.165. The van der Waals surface area contributed by atoms with Crippen molar-refractivity contribution >= 4 is 27.5 Å². The lowest BCUT2D eigenvalue weighted by Gasteiger charge is -2.42. The van der Waals surface area contributed by atoms with Crippen LogP contribution < -0.4 is 5.32 Å². The number of nitrogens with zero attached hydrogens (tertiary/aromatic N) is 1. The molecule has 3 aromatic rings. The summed E-state index contributed by atoms with van der Waals surface area (Å²) in [5, 5.41) is 4.37. The highest BCUT2D eigenvalue weighted by molar-refractivity contribution is 7.18. The number of rotatable bonds is 8. The molecule has 1 aliphatic rings. The third-order valence-corrected chi connectivity index (χ3v) is 6.80. The van der Waals surface area contributed by atoms with Crippen LogP contribution in [0.1, 0.15) is 49.1 Å². The van der Waals surface area contributed by atoms with E-state index in [1.54, 1.807) is 11.3 Å². The number of carbonyl (C=O) groups is 1. The molecule has 0 spiro atoms. The summed E-state index contributed by atoms with van der Waals surface area (Å²) >= 11 is 1.77. The van der Waals surface area contributed by atoms with Crippen molar-refractivity contribution in [3.63, 3.8) is 0 Å². The molecule has 0 unspecified atom stereocenters. The molecule has 140 valence electrons. The molecular formula is C23H26N2OS. The van der Waals surface area contributed by atoms with Crippen molar-refractivity contribution in [2.24, 2.45) is 0 Å². The maximum absolute atomic E-state index is 12.3. The molecule has 4 rings (SSSR count). The Labute approximate surface area is 164 Å². The number of para-hydroxylation sites is 1. The zero-order valence-corrected chi connectivity index (χ0v) is 16.4. The first kappa shape index (κ1) is 18.2. The molecule has 3 nitrogen and oxygen atoms in total. The predicted octanol–water partition coefficient (Wildman–Crippen LogP) is 5.25. The van der Waals surface area contributed by atoms with Gasteiger partial charge in [0.1, 0.15) is 0 Å². The van der Waals surface area contributed by atoms with E-state index >= 15 is 0 Å². The summed E-state index contributed by atoms with van der Waals surface area (Å²) in [6.07, 6.45) is 7.10. The second-order valence-electron chi connectivity index (χ2n) is 7.56. The Balaban J connectivity index is 1.21. The molecule has 0 saturated heterocycles. The number of carbonyl (C=O) groups excluding carboxylic acids is 1. The smallest absolute Gasteiger partial charge is 0.220 e. The van der Waals surface area contributed by atoms with Crippen molar-refractivity contribution in [1.29, 1.82) is 0 Å². The van der Waals surface area contributed by atoms with Crippen molar-refractivity contribution < 1.29 is 4.79 Å². The van der Waals surface area contributed by atoms with E-state index in [9.17, 15) is 4.79 Å². The van der Waals surface area contributed by atoms with E-state index in [1.165, 1.54) is 34.5 Å². The van der Waals surface area contributed by atoms with Crippen LogP contribution in [0, 0.1) is 0 Å². The fourth-order valence-corrected chi connectivity index (χ4v) is 4.92. The van der Waals surface area contributed by atoms with Crippen molar-refractivity contribution in [1.82, 2.24) is 10.3 Å². The molecule has 1 amide bonds. The summed E-state index contributed by atoms with van der Waals surface area (Å²) < 4.78 is 1.25. The van der Waals surface area contributed by atoms with Crippen LogP contribution in [-0.2, 0) is 16.6 Å². The maximum Gasteiger partial charge on any atom is 0.220 e. The Morgan fingerprint density at radius 3 is 2.56 bits per heavy atom. The number of thiazole rings is 1. The number of aryl methyl sites for hydroxylation is 1. The Kier molecular flexibility index (Phi) is 5.53. The van der Waals surface area contributed by atoms with Crippen LogP contribution in [0.2, 0.25) is 0 Å². The van der Waals surface area contributed by atoms with Crippen LogP contribution in [0.4, 0.5) is 0 Å². The van der Waals surface area contributed by atoms with Gasteiger partial charge in [0.25, 0.3) is 0 Å². The van der Waals surface area contributed by atoms with E-state index in [0.717, 1.165) is 31.3 Å². The molecule has 1 fully saturated rings. The Hall–Kier alpha value is -2.20. The van der Waals surface area contributed by atoms with Crippen molar-refractivity contribution in [2.75, 3.05) is 6.54 Å². The number of fused-ring (bicyclic) bond motifs is 1. The summed E-state index contributed by atoms with van der Waals surface area (Å²) in [5.74, 6) is 0.182. The first-order valence-corrected chi connectivity index (χ1v) is 10.7. The Morgan fingerprint density at radius 1 is 1.04 bits per heavy atom. The van der Waals surface area contributed by atoms with Gasteiger partial charge in [0.15, 0.2) is 0 Å². The summed E-state index contributed by atoms with van der Waals surface area (Å²) in [7, 11) is 0. The number of amides is 1. The number of hydrogen-bond donors (Lipinski definition) is 1. The van der Waals surface area contributed by atoms with Crippen LogP contribution >= 0.6 is 11.3 Å². The van der Waals surface area contributed by atoms with E-state index in [0.29, 0.717) is 6.42 Å². The summed E-state index contributed by atoms with van der Waals surface area (Å²) in [6.45, 7) is 0.772. The molecule has 1 aliphatic carbocycles. The summed E-state index contributed by atoms with van der Waals surface area (Å²) in [5.41, 5.74) is 2.62. The van der Waals surface area contributed by atoms with Crippen LogP contribution in [0.25, 0.3) is 10.2 Å². The van der Waals surface area contributed by atoms with Gasteiger partial charge in [-0.05, 0) is 49.8 Å². The third kappa shape index (κ3) is 4.22. The Morgan fingerprint density at radius 2 is 1.81 bits per heavy atom. The maximum atomic E-state index is 12.3. The second kappa shape index (κ2) is 8.22. The molecule has 1 heterocycles. The molecule has 0 bridgehead atoms. The minimum Gasteiger partial charge on any atom is -0.355 e. The number of hydrogen-bond acceptors (Lipinski definition) is 3. The van der Waals surface area contributed by atoms with E-state index in [-0.39, 0.29) is 11.3 Å². The van der Waals surface area contributed by atoms with Gasteiger partial charge in [-0.2, -0.15) is 0 Å². The minimum atomic E-state index is 0.165. The Bertz CT molecular complexity index is 866. The SMILES string of the molecule is O=C(CCCCc1nc2ccccc2s1)NCC1(c2ccccc2)CCC1. The number of benzene rings is 2. The van der Waals surface area contributed by atoms with Crippen LogP contribution in [0.15, 0.2) is 54.6 Å². The standard InChI is InChI=1S/C23H26N2OS/c26-21(24-17-23(15-8-16-23)18-9-2-1-3-10-18)13-6-7-14-22-25-19-11-4-5-12-20(19)27-22/h1-5,9-12H,6-8,13-17H2,(H,24,26). The zero-order valence-electron chi connectivity index (χ0n) is 15.6. The number of nitrogens with one attached hydrogen (secondary N) is 1. The fraction of sp³-hybridized carbons (Fsp3) is 0.391. The molecule has 4 heteroatoms. The van der Waals surface area contributed by atoms with E-state index in [4.69, 9.17) is 0 Å². The summed E-state index contributed by atoms with van der Waals surface area (Å²) in [6, 6.07) is 18.9. The highest BCUT2D eigenvalue weighted by Gasteiger charge is 2.38. The largest absolute Gasteiger partial charge is 0.355 e. The van der Waals surface area contributed by atoms with Crippen molar-refractivity contribution in [3.05, 3.63) is 65.2 Å². The molecule has 1 N–H and O–H groups in total. The van der Waals surface area contributed by atoms with Gasteiger partial charge in [-0.25, -0.2) is 4.98 Å². The average molecular weight is 379 g/mol. The van der Waals surface area contributed by atoms with Gasteiger partial charge in [-0.1, -0.05) is 48.9 Å². The second-order valence-corrected chi connectivity index (χ2v) is 8.67. The quantitative estimate of drug-likeness (QED) is 0.544. The fourth-order valence-electron chi connectivity index (χ4n) is 3.91. The zero-order chi connectivity index (χ0) is 18.5. The van der Waals surface area contributed by atoms with Gasteiger partial charge in [0.2, 0.25) is 5.91 Å². The van der Waals surface area contributed by atoms with E-state index in [2.05, 4.69) is 58.8 Å². The third-order valence-electron chi connectivity index (χ3n) is 5.70. The van der Waals surface area contributed by atoms with Gasteiger partial charge in [0, 0.05) is 18.4 Å². The lowest BCUT2D eigenvalue weighted by molar-refractivity contribution is -0.121. The van der Waals surface area contributed by atoms with Gasteiger partial charge >= 0.3 is 0 Å². The number of aromatic nitrogens is 1. The van der Waals surface area contributed by atoms with Gasteiger partial charge in [-0.3, -0.25) is 4.79 Å². The van der Waals surface area contributed by atoms with Gasteiger partial charge < -0.3 is 5.32 Å². The normalized spacial score (nSPS) is 15.4. The monoisotopic (exact) mass is 378 g/mol. The number of unbranched alkanes of at least 4 members (excludes halogenated alkanes) is 1. The lowest BCUT2D eigenvalue weighted by Crippen LogP contribution is -2.45. The first-order chi connectivity index (χ1) is 13.3. The first-order valence-electron chi connectivity index (χ1n) is 9.92. The summed E-state index contributed by atoms with van der Waals surface area (Å²) in [4.78, 5) is 17.0. The molecule has 27 heavy (non-hydrogen) atoms. The molecule has 0 aliphatic heterocycles. The van der Waals surface area contributed by atoms with Gasteiger partial charge in [-0.15, -0.1) is 11.3 Å².